The predicted octanol–water partition coefficient (Wildman–Crippen LogP) is 3.63. The summed E-state index contributed by atoms with van der Waals surface area (Å²) in [6.07, 6.45) is -0.0382. The fourth-order valence-corrected chi connectivity index (χ4v) is 4.26. The average Bonchev–Trinajstić information content (AvgIpc) is 3.18. The molecule has 8 nitrogen and oxygen atoms in total. The van der Waals surface area contributed by atoms with Crippen LogP contribution < -0.4 is 0 Å². The van der Waals surface area contributed by atoms with Crippen LogP contribution >= 0.6 is 0 Å². The fourth-order valence-electron chi connectivity index (χ4n) is 2.80. The lowest BCUT2D eigenvalue weighted by Gasteiger charge is -2.18. The van der Waals surface area contributed by atoms with Crippen molar-refractivity contribution in [1.82, 2.24) is 14.4 Å². The molecule has 30 heavy (non-hydrogen) atoms. The second-order valence-corrected chi connectivity index (χ2v) is 10.0. The standard InChI is InChI=1S/C21H31N3O5S/c1-7-24(8-2)30(26,27)17-12-9-16(10-13-17)11-14-18(25)28-15(3)19-22-20(23-29-19)21(4,5)6/h9-10,12-13,15H,7-8,11,14H2,1-6H3. The molecule has 0 aliphatic rings. The van der Waals surface area contributed by atoms with E-state index in [1.54, 1.807) is 45.0 Å². The summed E-state index contributed by atoms with van der Waals surface area (Å²) in [7, 11) is -3.49. The van der Waals surface area contributed by atoms with Crippen LogP contribution in [-0.2, 0) is 31.4 Å². The molecule has 1 atom stereocenters. The normalized spacial score (nSPS) is 13.4. The third kappa shape index (κ3) is 5.89. The van der Waals surface area contributed by atoms with Crippen LogP contribution in [0.1, 0.15) is 71.3 Å². The van der Waals surface area contributed by atoms with Crippen molar-refractivity contribution < 1.29 is 22.5 Å². The van der Waals surface area contributed by atoms with E-state index in [1.807, 2.05) is 20.8 Å². The molecule has 2 aromatic rings. The van der Waals surface area contributed by atoms with Crippen molar-refractivity contribution in [2.45, 2.75) is 70.8 Å². The fraction of sp³-hybridized carbons (Fsp3) is 0.571. The van der Waals surface area contributed by atoms with Crippen LogP contribution in [0.3, 0.4) is 0 Å². The molecule has 0 aliphatic heterocycles. The van der Waals surface area contributed by atoms with Crippen LogP contribution in [0.5, 0.6) is 0 Å². The van der Waals surface area contributed by atoms with Gasteiger partial charge in [-0.3, -0.25) is 4.79 Å². The second-order valence-electron chi connectivity index (χ2n) is 8.07. The maximum atomic E-state index is 12.5. The van der Waals surface area contributed by atoms with Crippen LogP contribution in [0.4, 0.5) is 0 Å². The topological polar surface area (TPSA) is 103 Å². The Kier molecular flexibility index (Phi) is 7.76. The van der Waals surface area contributed by atoms with E-state index in [9.17, 15) is 13.2 Å². The van der Waals surface area contributed by atoms with Crippen LogP contribution in [0.2, 0.25) is 0 Å². The highest BCUT2D eigenvalue weighted by atomic mass is 32.2. The first-order valence-electron chi connectivity index (χ1n) is 10.1. The minimum atomic E-state index is -3.49. The predicted molar refractivity (Wildman–Crippen MR) is 112 cm³/mol. The van der Waals surface area contributed by atoms with E-state index < -0.39 is 22.1 Å². The van der Waals surface area contributed by atoms with E-state index in [0.717, 1.165) is 5.56 Å². The third-order valence-electron chi connectivity index (χ3n) is 4.65. The molecular formula is C21H31N3O5S. The van der Waals surface area contributed by atoms with Gasteiger partial charge in [-0.2, -0.15) is 9.29 Å². The highest BCUT2D eigenvalue weighted by Gasteiger charge is 2.25. The monoisotopic (exact) mass is 437 g/mol. The van der Waals surface area contributed by atoms with Crippen molar-refractivity contribution in [2.75, 3.05) is 13.1 Å². The Labute approximate surface area is 178 Å². The first kappa shape index (κ1) is 24.0. The van der Waals surface area contributed by atoms with Gasteiger partial charge in [-0.25, -0.2) is 8.42 Å². The van der Waals surface area contributed by atoms with Crippen molar-refractivity contribution in [3.63, 3.8) is 0 Å². The number of sulfonamides is 1. The first-order valence-corrected chi connectivity index (χ1v) is 11.6. The number of benzene rings is 1. The van der Waals surface area contributed by atoms with Gasteiger partial charge < -0.3 is 9.26 Å². The highest BCUT2D eigenvalue weighted by molar-refractivity contribution is 7.89. The Morgan fingerprint density at radius 1 is 1.17 bits per heavy atom. The zero-order valence-electron chi connectivity index (χ0n) is 18.5. The van der Waals surface area contributed by atoms with Gasteiger partial charge in [-0.15, -0.1) is 0 Å². The minimum Gasteiger partial charge on any atom is -0.453 e. The Morgan fingerprint density at radius 2 is 1.77 bits per heavy atom. The first-order chi connectivity index (χ1) is 14.0. The van der Waals surface area contributed by atoms with Gasteiger partial charge in [0, 0.05) is 24.9 Å². The molecule has 2 rings (SSSR count). The summed E-state index contributed by atoms with van der Waals surface area (Å²) in [4.78, 5) is 16.7. The van der Waals surface area contributed by atoms with Crippen LogP contribution in [-0.4, -0.2) is 41.9 Å². The maximum Gasteiger partial charge on any atom is 0.306 e. The molecule has 0 fully saturated rings. The quantitative estimate of drug-likeness (QED) is 0.552. The number of esters is 1. The summed E-state index contributed by atoms with van der Waals surface area (Å²) in [6, 6.07) is 6.59. The van der Waals surface area contributed by atoms with E-state index in [0.29, 0.717) is 25.3 Å². The largest absolute Gasteiger partial charge is 0.453 e. The lowest BCUT2D eigenvalue weighted by Crippen LogP contribution is -2.30. The molecule has 0 bridgehead atoms. The van der Waals surface area contributed by atoms with Crippen LogP contribution in [0.25, 0.3) is 0 Å². The van der Waals surface area contributed by atoms with Gasteiger partial charge >= 0.3 is 5.97 Å². The Hall–Kier alpha value is -2.26. The van der Waals surface area contributed by atoms with Gasteiger partial charge in [0.15, 0.2) is 11.9 Å². The molecule has 1 heterocycles. The number of ether oxygens (including phenoxy) is 1. The Morgan fingerprint density at radius 3 is 2.27 bits per heavy atom. The molecule has 0 saturated carbocycles. The molecule has 0 aliphatic carbocycles. The third-order valence-corrected chi connectivity index (χ3v) is 6.72. The SMILES string of the molecule is CCN(CC)S(=O)(=O)c1ccc(CCC(=O)OC(C)c2nc(C(C)(C)C)no2)cc1. The number of hydrogen-bond donors (Lipinski definition) is 0. The molecule has 1 unspecified atom stereocenters. The molecule has 1 aromatic carbocycles. The van der Waals surface area contributed by atoms with Gasteiger partial charge in [-0.05, 0) is 31.0 Å². The van der Waals surface area contributed by atoms with E-state index >= 15 is 0 Å². The number of hydrogen-bond acceptors (Lipinski definition) is 7. The summed E-state index contributed by atoms with van der Waals surface area (Å²) in [5, 5.41) is 3.93. The molecule has 0 amide bonds. The average molecular weight is 438 g/mol. The molecule has 0 saturated heterocycles. The van der Waals surface area contributed by atoms with Gasteiger partial charge in [-0.1, -0.05) is 51.9 Å². The second kappa shape index (κ2) is 9.70. The number of carbonyl (C=O) groups is 1. The van der Waals surface area contributed by atoms with Crippen LogP contribution in [0.15, 0.2) is 33.7 Å². The Bertz CT molecular complexity index is 942. The summed E-state index contributed by atoms with van der Waals surface area (Å²) >= 11 is 0. The van der Waals surface area contributed by atoms with Crippen molar-refractivity contribution in [2.24, 2.45) is 0 Å². The van der Waals surface area contributed by atoms with E-state index in [2.05, 4.69) is 10.1 Å². The molecule has 0 N–H and O–H groups in total. The number of aromatic nitrogens is 2. The lowest BCUT2D eigenvalue weighted by atomic mass is 9.96. The van der Waals surface area contributed by atoms with Crippen LogP contribution in [0, 0.1) is 0 Å². The van der Waals surface area contributed by atoms with E-state index in [-0.39, 0.29) is 22.6 Å². The van der Waals surface area contributed by atoms with Crippen molar-refractivity contribution in [3.05, 3.63) is 41.5 Å². The van der Waals surface area contributed by atoms with Gasteiger partial charge in [0.2, 0.25) is 10.0 Å². The smallest absolute Gasteiger partial charge is 0.306 e. The number of rotatable bonds is 9. The molecule has 0 spiro atoms. The zero-order valence-corrected chi connectivity index (χ0v) is 19.3. The zero-order chi connectivity index (χ0) is 22.5. The summed E-state index contributed by atoms with van der Waals surface area (Å²) < 4.78 is 37.0. The molecular weight excluding hydrogens is 406 g/mol. The van der Waals surface area contributed by atoms with Crippen molar-refractivity contribution in [1.29, 1.82) is 0 Å². The highest BCUT2D eigenvalue weighted by Crippen LogP contribution is 2.23. The van der Waals surface area contributed by atoms with Gasteiger partial charge in [0.05, 0.1) is 4.90 Å². The lowest BCUT2D eigenvalue weighted by molar-refractivity contribution is -0.149. The number of aryl methyl sites for hydroxylation is 1. The summed E-state index contributed by atoms with van der Waals surface area (Å²) in [5.74, 6) is 0.428. The van der Waals surface area contributed by atoms with Crippen molar-refractivity contribution in [3.8, 4) is 0 Å². The van der Waals surface area contributed by atoms with Gasteiger partial charge in [0.25, 0.3) is 5.89 Å². The molecule has 0 radical (unpaired) electrons. The summed E-state index contributed by atoms with van der Waals surface area (Å²) in [6.45, 7) is 12.0. The van der Waals surface area contributed by atoms with Gasteiger partial charge in [0.1, 0.15) is 0 Å². The van der Waals surface area contributed by atoms with Crippen molar-refractivity contribution >= 4 is 16.0 Å². The Balaban J connectivity index is 1.92. The molecule has 166 valence electrons. The number of nitrogens with zero attached hydrogens (tertiary/aromatic N) is 3. The molecule has 1 aromatic heterocycles. The molecule has 9 heteroatoms. The number of carbonyl (C=O) groups excluding carboxylic acids is 1. The summed E-state index contributed by atoms with van der Waals surface area (Å²) in [5.41, 5.74) is 0.599. The van der Waals surface area contributed by atoms with E-state index in [1.165, 1.54) is 4.31 Å². The maximum absolute atomic E-state index is 12.5. The minimum absolute atomic E-state index is 0.159. The van der Waals surface area contributed by atoms with E-state index in [4.69, 9.17) is 9.26 Å².